The molecule has 2 aromatic rings. The van der Waals surface area contributed by atoms with E-state index in [2.05, 4.69) is 33.0 Å². The summed E-state index contributed by atoms with van der Waals surface area (Å²) in [6.45, 7) is 5.89. The molecule has 0 fully saturated rings. The molecule has 1 unspecified atom stereocenters. The van der Waals surface area contributed by atoms with Crippen molar-refractivity contribution in [3.05, 3.63) is 23.8 Å². The molecule has 0 spiro atoms. The third-order valence-electron chi connectivity index (χ3n) is 2.86. The molecule has 1 atom stereocenters. The molecule has 0 saturated heterocycles. The lowest BCUT2D eigenvalue weighted by Crippen LogP contribution is -2.25. The summed E-state index contributed by atoms with van der Waals surface area (Å²) < 4.78 is 15.8. The summed E-state index contributed by atoms with van der Waals surface area (Å²) in [5.41, 5.74) is 1.92. The standard InChI is InChI=1S/C12H19N5OS/c1-4-6-17-12(10(18-3)8-14-17)11(13-5-2)9-7-15-19-16-9/h7-8,11,13H,4-6H2,1-3H3. The van der Waals surface area contributed by atoms with E-state index in [4.69, 9.17) is 4.74 Å². The van der Waals surface area contributed by atoms with Crippen LogP contribution >= 0.6 is 11.7 Å². The third kappa shape index (κ3) is 2.93. The highest BCUT2D eigenvalue weighted by atomic mass is 32.1. The van der Waals surface area contributed by atoms with Gasteiger partial charge in [-0.3, -0.25) is 4.68 Å². The van der Waals surface area contributed by atoms with Crippen molar-refractivity contribution in [2.75, 3.05) is 13.7 Å². The fraction of sp³-hybridized carbons (Fsp3) is 0.583. The first-order valence-corrected chi connectivity index (χ1v) is 7.15. The third-order valence-corrected chi connectivity index (χ3v) is 3.35. The van der Waals surface area contributed by atoms with Crippen molar-refractivity contribution in [2.45, 2.75) is 32.9 Å². The minimum atomic E-state index is -0.0345. The molecule has 2 aromatic heterocycles. The van der Waals surface area contributed by atoms with Gasteiger partial charge in [0.2, 0.25) is 0 Å². The highest BCUT2D eigenvalue weighted by molar-refractivity contribution is 6.99. The number of rotatable bonds is 7. The second kappa shape index (κ2) is 6.63. The van der Waals surface area contributed by atoms with Crippen molar-refractivity contribution in [3.8, 4) is 5.75 Å². The van der Waals surface area contributed by atoms with E-state index in [1.165, 1.54) is 11.7 Å². The lowest BCUT2D eigenvalue weighted by molar-refractivity contribution is 0.397. The Hall–Kier alpha value is -1.47. The van der Waals surface area contributed by atoms with Crippen LogP contribution in [0.3, 0.4) is 0 Å². The number of nitrogens with one attached hydrogen (secondary N) is 1. The van der Waals surface area contributed by atoms with Gasteiger partial charge in [-0.05, 0) is 13.0 Å². The molecule has 2 rings (SSSR count). The molecule has 19 heavy (non-hydrogen) atoms. The van der Waals surface area contributed by atoms with Crippen molar-refractivity contribution < 1.29 is 4.74 Å². The summed E-state index contributed by atoms with van der Waals surface area (Å²) in [6, 6.07) is -0.0345. The van der Waals surface area contributed by atoms with Gasteiger partial charge >= 0.3 is 0 Å². The highest BCUT2D eigenvalue weighted by Gasteiger charge is 2.24. The summed E-state index contributed by atoms with van der Waals surface area (Å²) in [4.78, 5) is 0. The molecule has 6 nitrogen and oxygen atoms in total. The van der Waals surface area contributed by atoms with Gasteiger partial charge in [0.05, 0.1) is 43.0 Å². The quantitative estimate of drug-likeness (QED) is 0.839. The van der Waals surface area contributed by atoms with Crippen LogP contribution in [-0.2, 0) is 6.54 Å². The van der Waals surface area contributed by atoms with E-state index >= 15 is 0 Å². The van der Waals surface area contributed by atoms with Gasteiger partial charge in [0.25, 0.3) is 0 Å². The summed E-state index contributed by atoms with van der Waals surface area (Å²) >= 11 is 1.21. The SMILES string of the molecule is CCCn1ncc(OC)c1C(NCC)c1cnsn1. The summed E-state index contributed by atoms with van der Waals surface area (Å²) in [6.07, 6.45) is 4.57. The van der Waals surface area contributed by atoms with Gasteiger partial charge in [-0.15, -0.1) is 0 Å². The van der Waals surface area contributed by atoms with E-state index in [0.29, 0.717) is 0 Å². The Morgan fingerprint density at radius 3 is 2.84 bits per heavy atom. The maximum Gasteiger partial charge on any atom is 0.161 e. The Morgan fingerprint density at radius 2 is 2.26 bits per heavy atom. The van der Waals surface area contributed by atoms with Crippen LogP contribution in [0.15, 0.2) is 12.4 Å². The van der Waals surface area contributed by atoms with Crippen LogP contribution in [0.2, 0.25) is 0 Å². The number of methoxy groups -OCH3 is 1. The minimum Gasteiger partial charge on any atom is -0.493 e. The summed E-state index contributed by atoms with van der Waals surface area (Å²) in [7, 11) is 1.67. The van der Waals surface area contributed by atoms with Crippen molar-refractivity contribution >= 4 is 11.7 Å². The number of aromatic nitrogens is 4. The van der Waals surface area contributed by atoms with E-state index in [1.807, 2.05) is 4.68 Å². The largest absolute Gasteiger partial charge is 0.493 e. The van der Waals surface area contributed by atoms with Crippen molar-refractivity contribution in [1.29, 1.82) is 0 Å². The number of aryl methyl sites for hydroxylation is 1. The Kier molecular flexibility index (Phi) is 4.86. The maximum absolute atomic E-state index is 5.43. The molecular weight excluding hydrogens is 262 g/mol. The molecule has 0 aliphatic heterocycles. The van der Waals surface area contributed by atoms with Crippen molar-refractivity contribution in [1.82, 2.24) is 23.8 Å². The Morgan fingerprint density at radius 1 is 1.42 bits per heavy atom. The van der Waals surface area contributed by atoms with Crippen molar-refractivity contribution in [2.24, 2.45) is 0 Å². The molecule has 0 amide bonds. The van der Waals surface area contributed by atoms with Gasteiger partial charge < -0.3 is 10.1 Å². The van der Waals surface area contributed by atoms with E-state index < -0.39 is 0 Å². The van der Waals surface area contributed by atoms with Gasteiger partial charge in [0.15, 0.2) is 5.75 Å². The van der Waals surface area contributed by atoms with E-state index in [9.17, 15) is 0 Å². The van der Waals surface area contributed by atoms with Crippen LogP contribution in [0.5, 0.6) is 5.75 Å². The second-order valence-corrected chi connectivity index (χ2v) is 4.70. The molecule has 0 aliphatic rings. The summed E-state index contributed by atoms with van der Waals surface area (Å²) in [5, 5.41) is 7.82. The molecular formula is C12H19N5OS. The molecule has 0 aromatic carbocycles. The molecule has 1 N–H and O–H groups in total. The van der Waals surface area contributed by atoms with Crippen molar-refractivity contribution in [3.63, 3.8) is 0 Å². The monoisotopic (exact) mass is 281 g/mol. The molecule has 0 aliphatic carbocycles. The smallest absolute Gasteiger partial charge is 0.161 e. The van der Waals surface area contributed by atoms with E-state index in [1.54, 1.807) is 19.5 Å². The Labute approximate surface area is 117 Å². The number of hydrogen-bond acceptors (Lipinski definition) is 6. The first-order chi connectivity index (χ1) is 9.31. The lowest BCUT2D eigenvalue weighted by Gasteiger charge is -2.18. The van der Waals surface area contributed by atoms with E-state index in [0.717, 1.165) is 36.6 Å². The zero-order valence-corrected chi connectivity index (χ0v) is 12.3. The Bertz CT molecular complexity index is 496. The first-order valence-electron chi connectivity index (χ1n) is 6.42. The van der Waals surface area contributed by atoms with Gasteiger partial charge in [-0.25, -0.2) is 0 Å². The van der Waals surface area contributed by atoms with Gasteiger partial charge in [-0.2, -0.15) is 13.8 Å². The summed E-state index contributed by atoms with van der Waals surface area (Å²) in [5.74, 6) is 0.785. The highest BCUT2D eigenvalue weighted by Crippen LogP contribution is 2.29. The van der Waals surface area contributed by atoms with Crippen LogP contribution in [0, 0.1) is 0 Å². The fourth-order valence-corrected chi connectivity index (χ4v) is 2.51. The molecule has 7 heteroatoms. The topological polar surface area (TPSA) is 64.9 Å². The van der Waals surface area contributed by atoms with Crippen LogP contribution in [0.25, 0.3) is 0 Å². The van der Waals surface area contributed by atoms with Gasteiger partial charge in [0, 0.05) is 6.54 Å². The molecule has 104 valence electrons. The van der Waals surface area contributed by atoms with Crippen LogP contribution in [0.4, 0.5) is 0 Å². The van der Waals surface area contributed by atoms with Gasteiger partial charge in [0.1, 0.15) is 5.69 Å². The fourth-order valence-electron chi connectivity index (χ4n) is 2.06. The van der Waals surface area contributed by atoms with Crippen LogP contribution in [-0.4, -0.2) is 32.2 Å². The molecule has 2 heterocycles. The van der Waals surface area contributed by atoms with E-state index in [-0.39, 0.29) is 6.04 Å². The zero-order valence-electron chi connectivity index (χ0n) is 11.5. The van der Waals surface area contributed by atoms with Crippen LogP contribution < -0.4 is 10.1 Å². The zero-order chi connectivity index (χ0) is 13.7. The first kappa shape index (κ1) is 14.0. The molecule has 0 saturated carbocycles. The number of nitrogens with zero attached hydrogens (tertiary/aromatic N) is 4. The Balaban J connectivity index is 2.42. The maximum atomic E-state index is 5.43. The normalized spacial score (nSPS) is 12.6. The van der Waals surface area contributed by atoms with Crippen LogP contribution in [0.1, 0.15) is 37.7 Å². The van der Waals surface area contributed by atoms with Gasteiger partial charge in [-0.1, -0.05) is 13.8 Å². The molecule has 0 bridgehead atoms. The predicted octanol–water partition coefficient (Wildman–Crippen LogP) is 1.85. The average Bonchev–Trinajstić information content (AvgIpc) is 3.06. The minimum absolute atomic E-state index is 0.0345. The number of ether oxygens (including phenoxy) is 1. The number of hydrogen-bond donors (Lipinski definition) is 1. The second-order valence-electron chi connectivity index (χ2n) is 4.14. The predicted molar refractivity (Wildman–Crippen MR) is 74.5 cm³/mol. The molecule has 0 radical (unpaired) electrons. The lowest BCUT2D eigenvalue weighted by atomic mass is 10.1. The average molecular weight is 281 g/mol.